The van der Waals surface area contributed by atoms with Crippen LogP contribution in [0, 0.1) is 5.82 Å². The predicted molar refractivity (Wildman–Crippen MR) is 67.8 cm³/mol. The first-order valence-corrected chi connectivity index (χ1v) is 5.48. The Morgan fingerprint density at radius 3 is 2.32 bits per heavy atom. The van der Waals surface area contributed by atoms with Crippen LogP contribution in [0.2, 0.25) is 0 Å². The van der Waals surface area contributed by atoms with Gasteiger partial charge in [-0.2, -0.15) is 0 Å². The lowest BCUT2D eigenvalue weighted by atomic mass is 10.1. The quantitative estimate of drug-likeness (QED) is 0.890. The van der Waals surface area contributed by atoms with Gasteiger partial charge in [-0.25, -0.2) is 9.18 Å². The van der Waals surface area contributed by atoms with Crippen molar-refractivity contribution >= 4 is 17.6 Å². The average Bonchev–Trinajstić information content (AvgIpc) is 2.41. The van der Waals surface area contributed by atoms with Crippen LogP contribution in [-0.4, -0.2) is 17.0 Å². The summed E-state index contributed by atoms with van der Waals surface area (Å²) in [7, 11) is 0. The molecule has 0 spiro atoms. The Balaban J connectivity index is 2.27. The first-order chi connectivity index (χ1) is 9.09. The van der Waals surface area contributed by atoms with Gasteiger partial charge in [0.25, 0.3) is 5.91 Å². The highest BCUT2D eigenvalue weighted by atomic mass is 19.1. The SMILES string of the molecule is O=C(Nc1cccc(C(=O)O)c1F)c1ccccc1. The van der Waals surface area contributed by atoms with Gasteiger partial charge in [-0.15, -0.1) is 0 Å². The van der Waals surface area contributed by atoms with Crippen molar-refractivity contribution in [2.45, 2.75) is 0 Å². The van der Waals surface area contributed by atoms with Gasteiger partial charge in [0.2, 0.25) is 0 Å². The van der Waals surface area contributed by atoms with Crippen LogP contribution in [0.4, 0.5) is 10.1 Å². The number of carboxylic acid groups (broad SMARTS) is 1. The summed E-state index contributed by atoms with van der Waals surface area (Å²) in [6, 6.07) is 12.1. The molecule has 0 aliphatic carbocycles. The molecule has 2 aromatic carbocycles. The molecule has 0 saturated heterocycles. The Hall–Kier alpha value is -2.69. The van der Waals surface area contributed by atoms with Crippen molar-refractivity contribution < 1.29 is 19.1 Å². The number of nitrogens with one attached hydrogen (secondary N) is 1. The van der Waals surface area contributed by atoms with Gasteiger partial charge in [-0.1, -0.05) is 24.3 Å². The zero-order valence-electron chi connectivity index (χ0n) is 9.76. The molecule has 5 heteroatoms. The van der Waals surface area contributed by atoms with E-state index in [1.165, 1.54) is 12.1 Å². The normalized spacial score (nSPS) is 9.95. The molecule has 2 aromatic rings. The van der Waals surface area contributed by atoms with E-state index < -0.39 is 23.3 Å². The van der Waals surface area contributed by atoms with E-state index in [2.05, 4.69) is 5.32 Å². The van der Waals surface area contributed by atoms with Crippen LogP contribution in [0.5, 0.6) is 0 Å². The molecule has 4 nitrogen and oxygen atoms in total. The van der Waals surface area contributed by atoms with E-state index >= 15 is 0 Å². The largest absolute Gasteiger partial charge is 0.478 e. The van der Waals surface area contributed by atoms with Gasteiger partial charge in [0.15, 0.2) is 5.82 Å². The minimum absolute atomic E-state index is 0.159. The number of hydrogen-bond acceptors (Lipinski definition) is 2. The first-order valence-electron chi connectivity index (χ1n) is 5.48. The van der Waals surface area contributed by atoms with Crippen LogP contribution in [0.15, 0.2) is 48.5 Å². The van der Waals surface area contributed by atoms with Crippen molar-refractivity contribution in [2.75, 3.05) is 5.32 Å². The molecule has 0 aliphatic rings. The van der Waals surface area contributed by atoms with E-state index in [1.54, 1.807) is 30.3 Å². The lowest BCUT2D eigenvalue weighted by molar-refractivity contribution is 0.0691. The third-order valence-corrected chi connectivity index (χ3v) is 2.51. The van der Waals surface area contributed by atoms with Crippen molar-refractivity contribution in [2.24, 2.45) is 0 Å². The van der Waals surface area contributed by atoms with E-state index in [0.29, 0.717) is 5.56 Å². The standard InChI is InChI=1S/C14H10FNO3/c15-12-10(14(18)19)7-4-8-11(12)16-13(17)9-5-2-1-3-6-9/h1-8H,(H,16,17)(H,18,19). The Bertz CT molecular complexity index is 626. The minimum Gasteiger partial charge on any atom is -0.478 e. The van der Waals surface area contributed by atoms with Gasteiger partial charge in [-0.05, 0) is 24.3 Å². The van der Waals surface area contributed by atoms with Gasteiger partial charge in [0.1, 0.15) is 0 Å². The molecule has 0 aromatic heterocycles. The summed E-state index contributed by atoms with van der Waals surface area (Å²) in [4.78, 5) is 22.6. The lowest BCUT2D eigenvalue weighted by Crippen LogP contribution is -2.14. The Morgan fingerprint density at radius 1 is 1.00 bits per heavy atom. The number of amides is 1. The van der Waals surface area contributed by atoms with Crippen molar-refractivity contribution in [3.8, 4) is 0 Å². The molecule has 2 N–H and O–H groups in total. The summed E-state index contributed by atoms with van der Waals surface area (Å²) in [5, 5.41) is 11.1. The molecule has 2 rings (SSSR count). The monoisotopic (exact) mass is 259 g/mol. The van der Waals surface area contributed by atoms with E-state index in [4.69, 9.17) is 5.11 Å². The summed E-state index contributed by atoms with van der Waals surface area (Å²) in [5.41, 5.74) is -0.276. The van der Waals surface area contributed by atoms with Crippen LogP contribution in [-0.2, 0) is 0 Å². The number of anilines is 1. The summed E-state index contributed by atoms with van der Waals surface area (Å²) < 4.78 is 13.8. The molecule has 0 saturated carbocycles. The maximum Gasteiger partial charge on any atom is 0.338 e. The minimum atomic E-state index is -1.38. The molecule has 0 bridgehead atoms. The van der Waals surface area contributed by atoms with Crippen LogP contribution in [0.25, 0.3) is 0 Å². The molecule has 0 heterocycles. The molecule has 0 fully saturated rings. The van der Waals surface area contributed by atoms with Crippen LogP contribution < -0.4 is 5.32 Å². The highest BCUT2D eigenvalue weighted by Crippen LogP contribution is 2.18. The number of benzene rings is 2. The zero-order valence-corrected chi connectivity index (χ0v) is 9.76. The number of rotatable bonds is 3. The fourth-order valence-electron chi connectivity index (χ4n) is 1.58. The van der Waals surface area contributed by atoms with E-state index in [1.807, 2.05) is 0 Å². The van der Waals surface area contributed by atoms with Gasteiger partial charge in [0.05, 0.1) is 11.3 Å². The van der Waals surface area contributed by atoms with Crippen LogP contribution in [0.3, 0.4) is 0 Å². The molecule has 19 heavy (non-hydrogen) atoms. The highest BCUT2D eigenvalue weighted by Gasteiger charge is 2.15. The smallest absolute Gasteiger partial charge is 0.338 e. The number of carboxylic acids is 1. The molecule has 96 valence electrons. The molecule has 0 atom stereocenters. The second-order valence-electron chi connectivity index (χ2n) is 3.79. The van der Waals surface area contributed by atoms with Crippen molar-refractivity contribution in [3.63, 3.8) is 0 Å². The van der Waals surface area contributed by atoms with Gasteiger partial charge < -0.3 is 10.4 Å². The number of carbonyl (C=O) groups is 2. The van der Waals surface area contributed by atoms with Gasteiger partial charge in [-0.3, -0.25) is 4.79 Å². The number of halogens is 1. The Labute approximate surface area is 108 Å². The summed E-state index contributed by atoms with van der Waals surface area (Å²) in [5.74, 6) is -2.84. The zero-order chi connectivity index (χ0) is 13.8. The van der Waals surface area contributed by atoms with Crippen molar-refractivity contribution in [1.29, 1.82) is 0 Å². The van der Waals surface area contributed by atoms with Crippen molar-refractivity contribution in [3.05, 3.63) is 65.5 Å². The molecule has 0 radical (unpaired) electrons. The van der Waals surface area contributed by atoms with E-state index in [-0.39, 0.29) is 5.69 Å². The molecule has 0 unspecified atom stereocenters. The second-order valence-corrected chi connectivity index (χ2v) is 3.79. The summed E-state index contributed by atoms with van der Waals surface area (Å²) in [6.07, 6.45) is 0. The highest BCUT2D eigenvalue weighted by molar-refractivity contribution is 6.04. The lowest BCUT2D eigenvalue weighted by Gasteiger charge is -2.07. The van der Waals surface area contributed by atoms with Crippen molar-refractivity contribution in [1.82, 2.24) is 0 Å². The number of carbonyl (C=O) groups excluding carboxylic acids is 1. The fourth-order valence-corrected chi connectivity index (χ4v) is 1.58. The Morgan fingerprint density at radius 2 is 1.68 bits per heavy atom. The number of aromatic carboxylic acids is 1. The maximum atomic E-state index is 13.8. The molecule has 1 amide bonds. The first kappa shape index (κ1) is 12.8. The molecular formula is C14H10FNO3. The van der Waals surface area contributed by atoms with E-state index in [0.717, 1.165) is 6.07 Å². The third kappa shape index (κ3) is 2.77. The Kier molecular flexibility index (Phi) is 3.56. The van der Waals surface area contributed by atoms with Crippen LogP contribution in [0.1, 0.15) is 20.7 Å². The topological polar surface area (TPSA) is 66.4 Å². The summed E-state index contributed by atoms with van der Waals surface area (Å²) in [6.45, 7) is 0. The molecular weight excluding hydrogens is 249 g/mol. The van der Waals surface area contributed by atoms with Crippen LogP contribution >= 0.6 is 0 Å². The fraction of sp³-hybridized carbons (Fsp3) is 0. The summed E-state index contributed by atoms with van der Waals surface area (Å²) >= 11 is 0. The second kappa shape index (κ2) is 5.30. The van der Waals surface area contributed by atoms with Gasteiger partial charge in [0, 0.05) is 5.56 Å². The number of hydrogen-bond donors (Lipinski definition) is 2. The van der Waals surface area contributed by atoms with E-state index in [9.17, 15) is 14.0 Å². The molecule has 0 aliphatic heterocycles. The average molecular weight is 259 g/mol. The van der Waals surface area contributed by atoms with Gasteiger partial charge >= 0.3 is 5.97 Å². The predicted octanol–water partition coefficient (Wildman–Crippen LogP) is 2.78. The third-order valence-electron chi connectivity index (χ3n) is 2.51. The maximum absolute atomic E-state index is 13.8.